The third-order valence-electron chi connectivity index (χ3n) is 2.78. The first kappa shape index (κ1) is 16.3. The lowest BCUT2D eigenvalue weighted by Crippen LogP contribution is -2.15. The Morgan fingerprint density at radius 3 is 2.57 bits per heavy atom. The number of nitrogens with two attached hydrogens (primary N) is 1. The number of benzene rings is 2. The summed E-state index contributed by atoms with van der Waals surface area (Å²) in [5, 5.41) is 0.459. The van der Waals surface area contributed by atoms with Crippen LogP contribution in [0.3, 0.4) is 0 Å². The van der Waals surface area contributed by atoms with Gasteiger partial charge in [0.15, 0.2) is 0 Å². The van der Waals surface area contributed by atoms with Gasteiger partial charge in [0.25, 0.3) is 0 Å². The molecule has 0 radical (unpaired) electrons. The van der Waals surface area contributed by atoms with Crippen LogP contribution in [-0.2, 0) is 22.3 Å². The van der Waals surface area contributed by atoms with E-state index in [-0.39, 0.29) is 5.75 Å². The Morgan fingerprint density at radius 2 is 1.86 bits per heavy atom. The van der Waals surface area contributed by atoms with Crippen LogP contribution < -0.4 is 10.5 Å². The molecule has 3 N–H and O–H groups in total. The molecule has 21 heavy (non-hydrogen) atoms. The summed E-state index contributed by atoms with van der Waals surface area (Å²) < 4.78 is 27.6. The molecule has 7 heteroatoms. The number of sulfonamides is 1. The van der Waals surface area contributed by atoms with E-state index >= 15 is 0 Å². The van der Waals surface area contributed by atoms with Crippen LogP contribution in [0.5, 0.6) is 0 Å². The maximum absolute atomic E-state index is 12.2. The molecule has 0 amide bonds. The smallest absolute Gasteiger partial charge is 0.236 e. The van der Waals surface area contributed by atoms with Gasteiger partial charge >= 0.3 is 0 Å². The van der Waals surface area contributed by atoms with Gasteiger partial charge in [0.2, 0.25) is 10.0 Å². The van der Waals surface area contributed by atoms with Crippen LogP contribution in [-0.4, -0.2) is 8.42 Å². The summed E-state index contributed by atoms with van der Waals surface area (Å²) >= 11 is 9.17. The molecule has 0 atom stereocenters. The minimum atomic E-state index is -3.53. The fourth-order valence-corrected chi connectivity index (χ4v) is 3.69. The standard InChI is InChI=1S/C14H14BrClN2O2S/c15-13-5-4-12(16)7-14(13)18-21(19,20)9-11-3-1-2-10(6-11)8-17/h1-7,18H,8-9,17H2. The quantitative estimate of drug-likeness (QED) is 0.822. The minimum absolute atomic E-state index is 0.125. The summed E-state index contributed by atoms with van der Waals surface area (Å²) in [6.45, 7) is 0.376. The van der Waals surface area contributed by atoms with Crippen molar-refractivity contribution >= 4 is 43.2 Å². The molecule has 0 aromatic heterocycles. The molecular formula is C14H14BrClN2O2S. The summed E-state index contributed by atoms with van der Waals surface area (Å²) in [7, 11) is -3.53. The normalized spacial score (nSPS) is 11.4. The average molecular weight is 390 g/mol. The van der Waals surface area contributed by atoms with E-state index < -0.39 is 10.0 Å². The molecule has 0 spiro atoms. The van der Waals surface area contributed by atoms with E-state index in [2.05, 4.69) is 20.7 Å². The van der Waals surface area contributed by atoms with Crippen molar-refractivity contribution in [2.45, 2.75) is 12.3 Å². The summed E-state index contributed by atoms with van der Waals surface area (Å²) in [5.41, 5.74) is 7.55. The second-order valence-electron chi connectivity index (χ2n) is 4.51. The first-order valence-corrected chi connectivity index (χ1v) is 8.95. The van der Waals surface area contributed by atoms with Crippen molar-refractivity contribution in [2.24, 2.45) is 5.73 Å². The van der Waals surface area contributed by atoms with Crippen molar-refractivity contribution in [3.05, 3.63) is 63.1 Å². The maximum Gasteiger partial charge on any atom is 0.236 e. The number of hydrogen-bond donors (Lipinski definition) is 2. The molecule has 4 nitrogen and oxygen atoms in total. The Labute approximate surface area is 137 Å². The van der Waals surface area contributed by atoms with Gasteiger partial charge in [-0.2, -0.15) is 0 Å². The molecule has 0 saturated heterocycles. The molecule has 0 aliphatic carbocycles. The van der Waals surface area contributed by atoms with Gasteiger partial charge in [0, 0.05) is 16.0 Å². The highest BCUT2D eigenvalue weighted by molar-refractivity contribution is 9.10. The number of hydrogen-bond acceptors (Lipinski definition) is 3. The van der Waals surface area contributed by atoms with Gasteiger partial charge in [0.1, 0.15) is 0 Å². The van der Waals surface area contributed by atoms with Gasteiger partial charge in [-0.25, -0.2) is 8.42 Å². The highest BCUT2D eigenvalue weighted by Crippen LogP contribution is 2.27. The molecule has 0 bridgehead atoms. The second-order valence-corrected chi connectivity index (χ2v) is 7.52. The van der Waals surface area contributed by atoms with Crippen molar-refractivity contribution in [1.29, 1.82) is 0 Å². The topological polar surface area (TPSA) is 72.2 Å². The Bertz CT molecular complexity index is 750. The summed E-state index contributed by atoms with van der Waals surface area (Å²) in [4.78, 5) is 0. The van der Waals surface area contributed by atoms with E-state index in [9.17, 15) is 8.42 Å². The van der Waals surface area contributed by atoms with Gasteiger partial charge in [-0.3, -0.25) is 4.72 Å². The van der Waals surface area contributed by atoms with Gasteiger partial charge < -0.3 is 5.73 Å². The van der Waals surface area contributed by atoms with Crippen LogP contribution in [0.4, 0.5) is 5.69 Å². The molecule has 2 aromatic carbocycles. The molecule has 0 saturated carbocycles. The van der Waals surface area contributed by atoms with Crippen LogP contribution in [0.2, 0.25) is 5.02 Å². The zero-order chi connectivity index (χ0) is 15.5. The Balaban J connectivity index is 2.20. The van der Waals surface area contributed by atoms with Crippen LogP contribution in [0.25, 0.3) is 0 Å². The number of halogens is 2. The Hall–Kier alpha value is -1.08. The summed E-state index contributed by atoms with van der Waals surface area (Å²) in [5.74, 6) is -0.125. The average Bonchev–Trinajstić information content (AvgIpc) is 2.42. The lowest BCUT2D eigenvalue weighted by Gasteiger charge is -2.10. The van der Waals surface area contributed by atoms with E-state index in [4.69, 9.17) is 17.3 Å². The monoisotopic (exact) mass is 388 g/mol. The van der Waals surface area contributed by atoms with Crippen LogP contribution in [0, 0.1) is 0 Å². The zero-order valence-corrected chi connectivity index (χ0v) is 14.2. The van der Waals surface area contributed by atoms with Crippen molar-refractivity contribution in [3.8, 4) is 0 Å². The van der Waals surface area contributed by atoms with E-state index in [1.165, 1.54) is 0 Å². The largest absolute Gasteiger partial charge is 0.326 e. The molecule has 0 aliphatic heterocycles. The first-order chi connectivity index (χ1) is 9.89. The van der Waals surface area contributed by atoms with Crippen molar-refractivity contribution in [2.75, 3.05) is 4.72 Å². The van der Waals surface area contributed by atoms with Gasteiger partial charge in [-0.05, 0) is 45.3 Å². The maximum atomic E-state index is 12.2. The van der Waals surface area contributed by atoms with Crippen molar-refractivity contribution in [3.63, 3.8) is 0 Å². The fourth-order valence-electron chi connectivity index (χ4n) is 1.85. The SMILES string of the molecule is NCc1cccc(CS(=O)(=O)Nc2cc(Cl)ccc2Br)c1. The van der Waals surface area contributed by atoms with E-state index in [0.29, 0.717) is 27.3 Å². The minimum Gasteiger partial charge on any atom is -0.326 e. The lowest BCUT2D eigenvalue weighted by molar-refractivity contribution is 0.600. The van der Waals surface area contributed by atoms with Crippen molar-refractivity contribution < 1.29 is 8.42 Å². The number of nitrogens with one attached hydrogen (secondary N) is 1. The predicted octanol–water partition coefficient (Wildman–Crippen LogP) is 3.50. The molecular weight excluding hydrogens is 376 g/mol. The van der Waals surface area contributed by atoms with Crippen LogP contribution in [0.15, 0.2) is 46.9 Å². The zero-order valence-electron chi connectivity index (χ0n) is 11.0. The third-order valence-corrected chi connectivity index (χ3v) is 4.95. The first-order valence-electron chi connectivity index (χ1n) is 6.13. The number of rotatable bonds is 5. The second kappa shape index (κ2) is 6.79. The van der Waals surface area contributed by atoms with E-state index in [1.807, 2.05) is 6.07 Å². The highest BCUT2D eigenvalue weighted by Gasteiger charge is 2.14. The van der Waals surface area contributed by atoms with Crippen molar-refractivity contribution in [1.82, 2.24) is 0 Å². The van der Waals surface area contributed by atoms with Crippen LogP contribution >= 0.6 is 27.5 Å². The Morgan fingerprint density at radius 1 is 1.14 bits per heavy atom. The Kier molecular flexibility index (Phi) is 5.27. The third kappa shape index (κ3) is 4.71. The molecule has 2 aromatic rings. The molecule has 0 aliphatic rings. The summed E-state index contributed by atoms with van der Waals surface area (Å²) in [6, 6.07) is 12.1. The van der Waals surface area contributed by atoms with E-state index in [0.717, 1.165) is 5.56 Å². The fraction of sp³-hybridized carbons (Fsp3) is 0.143. The molecule has 0 heterocycles. The van der Waals surface area contributed by atoms with Crippen LogP contribution in [0.1, 0.15) is 11.1 Å². The van der Waals surface area contributed by atoms with E-state index in [1.54, 1.807) is 36.4 Å². The molecule has 0 unspecified atom stereocenters. The molecule has 112 valence electrons. The number of anilines is 1. The summed E-state index contributed by atoms with van der Waals surface area (Å²) in [6.07, 6.45) is 0. The van der Waals surface area contributed by atoms with Gasteiger partial charge in [0.05, 0.1) is 11.4 Å². The molecule has 0 fully saturated rings. The lowest BCUT2D eigenvalue weighted by atomic mass is 10.1. The highest BCUT2D eigenvalue weighted by atomic mass is 79.9. The van der Waals surface area contributed by atoms with Gasteiger partial charge in [-0.1, -0.05) is 35.9 Å². The molecule has 2 rings (SSSR count). The van der Waals surface area contributed by atoms with Gasteiger partial charge in [-0.15, -0.1) is 0 Å². The predicted molar refractivity (Wildman–Crippen MR) is 89.7 cm³/mol.